The van der Waals surface area contributed by atoms with Crippen LogP contribution in [0.2, 0.25) is 0 Å². The molecule has 140 valence electrons. The molecular weight excluding hydrogens is 354 g/mol. The number of carbonyl (C=O) groups is 1. The third-order valence-corrected chi connectivity index (χ3v) is 4.94. The zero-order valence-electron chi connectivity index (χ0n) is 15.9. The van der Waals surface area contributed by atoms with E-state index < -0.39 is 11.6 Å². The van der Waals surface area contributed by atoms with Crippen molar-refractivity contribution in [3.63, 3.8) is 0 Å². The maximum absolute atomic E-state index is 12.8. The summed E-state index contributed by atoms with van der Waals surface area (Å²) in [5.74, 6) is -0.452. The second-order valence-corrected chi connectivity index (χ2v) is 6.88. The quantitative estimate of drug-likeness (QED) is 0.387. The second-order valence-electron chi connectivity index (χ2n) is 6.88. The monoisotopic (exact) mass is 373 g/mol. The number of carbonyl (C=O) groups excluding carboxylic acids is 1. The Morgan fingerprint density at radius 3 is 2.64 bits per heavy atom. The van der Waals surface area contributed by atoms with Crippen LogP contribution in [-0.2, 0) is 11.3 Å². The number of para-hydroxylation sites is 1. The molecule has 2 heterocycles. The second kappa shape index (κ2) is 6.93. The van der Waals surface area contributed by atoms with Crippen molar-refractivity contribution in [1.82, 2.24) is 4.98 Å². The summed E-state index contributed by atoms with van der Waals surface area (Å²) in [5.41, 5.74) is 4.57. The average Bonchev–Trinajstić information content (AvgIpc) is 2.68. The largest absolute Gasteiger partial charge is 0.457 e. The van der Waals surface area contributed by atoms with Gasteiger partial charge >= 0.3 is 11.6 Å². The number of aryl methyl sites for hydroxylation is 3. The van der Waals surface area contributed by atoms with E-state index in [1.54, 1.807) is 6.07 Å². The van der Waals surface area contributed by atoms with Crippen molar-refractivity contribution < 1.29 is 13.9 Å². The van der Waals surface area contributed by atoms with E-state index in [4.69, 9.17) is 9.15 Å². The van der Waals surface area contributed by atoms with Crippen molar-refractivity contribution in [3.8, 4) is 0 Å². The van der Waals surface area contributed by atoms with Crippen LogP contribution in [0.4, 0.5) is 0 Å². The molecular formula is C23H19NO4. The molecule has 0 bridgehead atoms. The number of esters is 1. The lowest BCUT2D eigenvalue weighted by Gasteiger charge is -2.11. The van der Waals surface area contributed by atoms with E-state index in [1.165, 1.54) is 6.07 Å². The zero-order valence-corrected chi connectivity index (χ0v) is 15.9. The Labute approximate surface area is 161 Å². The van der Waals surface area contributed by atoms with Crippen LogP contribution in [-0.4, -0.2) is 11.0 Å². The maximum Gasteiger partial charge on any atom is 0.339 e. The molecule has 0 N–H and O–H groups in total. The Bertz CT molecular complexity index is 1290. The Morgan fingerprint density at radius 1 is 1.04 bits per heavy atom. The summed E-state index contributed by atoms with van der Waals surface area (Å²) < 4.78 is 10.9. The molecule has 0 saturated carbocycles. The first-order chi connectivity index (χ1) is 13.4. The minimum atomic E-state index is -0.461. The molecule has 4 aromatic rings. The van der Waals surface area contributed by atoms with Crippen LogP contribution >= 0.6 is 0 Å². The number of rotatable bonds is 3. The molecule has 5 nitrogen and oxygen atoms in total. The summed E-state index contributed by atoms with van der Waals surface area (Å²) in [5, 5.41) is 1.51. The smallest absolute Gasteiger partial charge is 0.339 e. The number of fused-ring (bicyclic) bond motifs is 2. The van der Waals surface area contributed by atoms with E-state index in [1.807, 2.05) is 57.2 Å². The number of hydrogen-bond acceptors (Lipinski definition) is 5. The molecule has 5 heteroatoms. The lowest BCUT2D eigenvalue weighted by atomic mass is 10.0. The molecule has 0 amide bonds. The van der Waals surface area contributed by atoms with Crippen molar-refractivity contribution in [3.05, 3.63) is 86.9 Å². The lowest BCUT2D eigenvalue weighted by molar-refractivity contribution is 0.0476. The van der Waals surface area contributed by atoms with Crippen molar-refractivity contribution in [2.75, 3.05) is 0 Å². The standard InChI is InChI=1S/C23H19NO4/c1-13-8-9-17-16(11-21(25)28-22(17)15(13)3)12-27-23(26)19-10-14(2)24-20-7-5-4-6-18(19)20/h4-11H,12H2,1-3H3. The van der Waals surface area contributed by atoms with Gasteiger partial charge in [0.05, 0.1) is 11.1 Å². The highest BCUT2D eigenvalue weighted by Gasteiger charge is 2.15. The molecule has 0 atom stereocenters. The molecule has 4 rings (SSSR count). The van der Waals surface area contributed by atoms with Gasteiger partial charge in [-0.25, -0.2) is 9.59 Å². The maximum atomic E-state index is 12.8. The highest BCUT2D eigenvalue weighted by molar-refractivity contribution is 6.03. The van der Waals surface area contributed by atoms with Crippen LogP contribution < -0.4 is 5.63 Å². The third kappa shape index (κ3) is 3.16. The van der Waals surface area contributed by atoms with Gasteiger partial charge in [-0.2, -0.15) is 0 Å². The van der Waals surface area contributed by atoms with Crippen LogP contribution in [0.3, 0.4) is 0 Å². The third-order valence-electron chi connectivity index (χ3n) is 4.94. The molecule has 28 heavy (non-hydrogen) atoms. The van der Waals surface area contributed by atoms with Crippen LogP contribution in [0, 0.1) is 20.8 Å². The number of benzene rings is 2. The Balaban J connectivity index is 1.70. The highest BCUT2D eigenvalue weighted by Crippen LogP contribution is 2.25. The number of aromatic nitrogens is 1. The van der Waals surface area contributed by atoms with Gasteiger partial charge in [0.2, 0.25) is 0 Å². The van der Waals surface area contributed by atoms with Gasteiger partial charge in [-0.15, -0.1) is 0 Å². The molecule has 2 aromatic heterocycles. The molecule has 0 saturated heterocycles. The first-order valence-electron chi connectivity index (χ1n) is 9.00. The first kappa shape index (κ1) is 17.9. The van der Waals surface area contributed by atoms with Crippen molar-refractivity contribution in [1.29, 1.82) is 0 Å². The van der Waals surface area contributed by atoms with Gasteiger partial charge in [0.25, 0.3) is 0 Å². The lowest BCUT2D eigenvalue weighted by Crippen LogP contribution is -2.09. The summed E-state index contributed by atoms with van der Waals surface area (Å²) in [7, 11) is 0. The topological polar surface area (TPSA) is 69.4 Å². The van der Waals surface area contributed by atoms with Gasteiger partial charge in [-0.3, -0.25) is 4.98 Å². The van der Waals surface area contributed by atoms with E-state index in [0.717, 1.165) is 33.1 Å². The summed E-state index contributed by atoms with van der Waals surface area (Å²) in [6.45, 7) is 5.68. The summed E-state index contributed by atoms with van der Waals surface area (Å²) in [4.78, 5) is 29.2. The molecule has 0 aliphatic heterocycles. The van der Waals surface area contributed by atoms with Crippen molar-refractivity contribution in [2.45, 2.75) is 27.4 Å². The van der Waals surface area contributed by atoms with Crippen LogP contribution in [0.25, 0.3) is 21.9 Å². The van der Waals surface area contributed by atoms with E-state index in [9.17, 15) is 9.59 Å². The van der Waals surface area contributed by atoms with Crippen LogP contribution in [0.5, 0.6) is 0 Å². The van der Waals surface area contributed by atoms with Crippen molar-refractivity contribution >= 4 is 27.8 Å². The Kier molecular flexibility index (Phi) is 4.43. The van der Waals surface area contributed by atoms with Gasteiger partial charge in [-0.05, 0) is 44.0 Å². The van der Waals surface area contributed by atoms with Crippen molar-refractivity contribution in [2.24, 2.45) is 0 Å². The summed E-state index contributed by atoms with van der Waals surface area (Å²) in [6.07, 6.45) is 0. The number of pyridine rings is 1. The summed E-state index contributed by atoms with van der Waals surface area (Å²) in [6, 6.07) is 14.4. The molecule has 0 aliphatic carbocycles. The molecule has 0 spiro atoms. The van der Waals surface area contributed by atoms with Gasteiger partial charge in [-0.1, -0.05) is 30.3 Å². The van der Waals surface area contributed by atoms with Gasteiger partial charge in [0.15, 0.2) is 0 Å². The van der Waals surface area contributed by atoms with E-state index >= 15 is 0 Å². The fourth-order valence-corrected chi connectivity index (χ4v) is 3.34. The number of ether oxygens (including phenoxy) is 1. The van der Waals surface area contributed by atoms with Crippen LogP contribution in [0.1, 0.15) is 32.7 Å². The minimum Gasteiger partial charge on any atom is -0.457 e. The highest BCUT2D eigenvalue weighted by atomic mass is 16.5. The molecule has 2 aromatic carbocycles. The van der Waals surface area contributed by atoms with Gasteiger partial charge in [0.1, 0.15) is 12.2 Å². The number of nitrogens with zero attached hydrogens (tertiary/aromatic N) is 1. The molecule has 0 fully saturated rings. The van der Waals surface area contributed by atoms with Gasteiger partial charge in [0, 0.05) is 28.1 Å². The molecule has 0 unspecified atom stereocenters. The first-order valence-corrected chi connectivity index (χ1v) is 9.00. The average molecular weight is 373 g/mol. The Morgan fingerprint density at radius 2 is 1.82 bits per heavy atom. The minimum absolute atomic E-state index is 0.0148. The van der Waals surface area contributed by atoms with E-state index in [-0.39, 0.29) is 6.61 Å². The van der Waals surface area contributed by atoms with Crippen LogP contribution in [0.15, 0.2) is 57.7 Å². The zero-order chi connectivity index (χ0) is 19.8. The van der Waals surface area contributed by atoms with E-state index in [0.29, 0.717) is 16.7 Å². The van der Waals surface area contributed by atoms with Gasteiger partial charge < -0.3 is 9.15 Å². The molecule has 0 radical (unpaired) electrons. The van der Waals surface area contributed by atoms with E-state index in [2.05, 4.69) is 4.98 Å². The number of hydrogen-bond donors (Lipinski definition) is 0. The predicted octanol–water partition coefficient (Wildman–Crippen LogP) is 4.62. The fraction of sp³-hybridized carbons (Fsp3) is 0.174. The SMILES string of the molecule is Cc1cc(C(=O)OCc2cc(=O)oc3c(C)c(C)ccc23)c2ccccc2n1. The fourth-order valence-electron chi connectivity index (χ4n) is 3.34. The Hall–Kier alpha value is -3.47. The normalized spacial score (nSPS) is 11.1. The molecule has 0 aliphatic rings. The predicted molar refractivity (Wildman–Crippen MR) is 108 cm³/mol. The summed E-state index contributed by atoms with van der Waals surface area (Å²) >= 11 is 0.